The normalized spacial score (nSPS) is 11.9. The SMILES string of the molecule is C[C@@H](O)COCC#CCO. The van der Waals surface area contributed by atoms with Crippen LogP contribution in [0.1, 0.15) is 6.92 Å². The lowest BCUT2D eigenvalue weighted by molar-refractivity contribution is 0.0621. The van der Waals surface area contributed by atoms with Crippen LogP contribution in [-0.4, -0.2) is 36.1 Å². The van der Waals surface area contributed by atoms with Crippen molar-refractivity contribution in [3.05, 3.63) is 0 Å². The molecule has 10 heavy (non-hydrogen) atoms. The summed E-state index contributed by atoms with van der Waals surface area (Å²) in [6.07, 6.45) is -0.448. The summed E-state index contributed by atoms with van der Waals surface area (Å²) in [4.78, 5) is 0. The topological polar surface area (TPSA) is 49.7 Å². The van der Waals surface area contributed by atoms with E-state index in [9.17, 15) is 0 Å². The van der Waals surface area contributed by atoms with Crippen molar-refractivity contribution in [2.24, 2.45) is 0 Å². The van der Waals surface area contributed by atoms with Gasteiger partial charge in [0.2, 0.25) is 0 Å². The minimum Gasteiger partial charge on any atom is -0.391 e. The summed E-state index contributed by atoms with van der Waals surface area (Å²) in [5.41, 5.74) is 0. The molecule has 0 amide bonds. The molecule has 3 heteroatoms. The average Bonchev–Trinajstić information content (AvgIpc) is 1.87. The molecule has 0 aliphatic carbocycles. The molecule has 3 nitrogen and oxygen atoms in total. The number of hydrogen-bond donors (Lipinski definition) is 2. The van der Waals surface area contributed by atoms with E-state index in [0.717, 1.165) is 0 Å². The van der Waals surface area contributed by atoms with Crippen LogP contribution in [0.15, 0.2) is 0 Å². The summed E-state index contributed by atoms with van der Waals surface area (Å²) in [7, 11) is 0. The number of aliphatic hydroxyl groups is 2. The van der Waals surface area contributed by atoms with Crippen LogP contribution in [0.3, 0.4) is 0 Å². The molecule has 0 heterocycles. The Kier molecular flexibility index (Phi) is 6.19. The Morgan fingerprint density at radius 1 is 1.50 bits per heavy atom. The first-order valence-corrected chi connectivity index (χ1v) is 3.09. The Balaban J connectivity index is 3.05. The molecule has 0 saturated carbocycles. The summed E-state index contributed by atoms with van der Waals surface area (Å²) >= 11 is 0. The van der Waals surface area contributed by atoms with Crippen LogP contribution in [0.5, 0.6) is 0 Å². The monoisotopic (exact) mass is 144 g/mol. The lowest BCUT2D eigenvalue weighted by Gasteiger charge is -2.00. The first kappa shape index (κ1) is 9.44. The maximum absolute atomic E-state index is 8.69. The highest BCUT2D eigenvalue weighted by Crippen LogP contribution is 1.80. The summed E-state index contributed by atoms with van der Waals surface area (Å²) in [6.45, 7) is 2.06. The zero-order valence-corrected chi connectivity index (χ0v) is 6.00. The first-order valence-electron chi connectivity index (χ1n) is 3.09. The van der Waals surface area contributed by atoms with Crippen LogP contribution in [0.4, 0.5) is 0 Å². The van der Waals surface area contributed by atoms with Crippen molar-refractivity contribution in [2.45, 2.75) is 13.0 Å². The smallest absolute Gasteiger partial charge is 0.107 e. The molecule has 0 radical (unpaired) electrons. The van der Waals surface area contributed by atoms with Crippen LogP contribution in [0, 0.1) is 11.8 Å². The van der Waals surface area contributed by atoms with Crippen molar-refractivity contribution in [1.29, 1.82) is 0 Å². The zero-order chi connectivity index (χ0) is 7.82. The van der Waals surface area contributed by atoms with Gasteiger partial charge in [-0.25, -0.2) is 0 Å². The third-order valence-electron chi connectivity index (χ3n) is 0.737. The second kappa shape index (κ2) is 6.56. The zero-order valence-electron chi connectivity index (χ0n) is 6.00. The van der Waals surface area contributed by atoms with Gasteiger partial charge >= 0.3 is 0 Å². The number of ether oxygens (including phenoxy) is 1. The van der Waals surface area contributed by atoms with Crippen molar-refractivity contribution in [1.82, 2.24) is 0 Å². The molecular weight excluding hydrogens is 132 g/mol. The third kappa shape index (κ3) is 7.44. The van der Waals surface area contributed by atoms with Crippen molar-refractivity contribution in [3.63, 3.8) is 0 Å². The van der Waals surface area contributed by atoms with Gasteiger partial charge in [-0.2, -0.15) is 0 Å². The highest BCUT2D eigenvalue weighted by atomic mass is 16.5. The fraction of sp³-hybridized carbons (Fsp3) is 0.714. The van der Waals surface area contributed by atoms with E-state index in [4.69, 9.17) is 14.9 Å². The van der Waals surface area contributed by atoms with Gasteiger partial charge < -0.3 is 14.9 Å². The highest BCUT2D eigenvalue weighted by molar-refractivity contribution is 4.98. The molecule has 1 atom stereocenters. The van der Waals surface area contributed by atoms with Gasteiger partial charge in [0.25, 0.3) is 0 Å². The van der Waals surface area contributed by atoms with E-state index >= 15 is 0 Å². The molecule has 0 aromatic carbocycles. The van der Waals surface area contributed by atoms with E-state index in [1.165, 1.54) is 0 Å². The fourth-order valence-corrected chi connectivity index (χ4v) is 0.387. The molecule has 0 saturated heterocycles. The molecule has 0 unspecified atom stereocenters. The van der Waals surface area contributed by atoms with Crippen molar-refractivity contribution in [2.75, 3.05) is 19.8 Å². The van der Waals surface area contributed by atoms with Gasteiger partial charge in [-0.05, 0) is 6.92 Å². The predicted molar refractivity (Wildman–Crippen MR) is 37.4 cm³/mol. The molecule has 0 spiro atoms. The molecule has 0 bridgehead atoms. The Morgan fingerprint density at radius 2 is 2.20 bits per heavy atom. The Morgan fingerprint density at radius 3 is 2.70 bits per heavy atom. The highest BCUT2D eigenvalue weighted by Gasteiger charge is 1.91. The lowest BCUT2D eigenvalue weighted by Crippen LogP contribution is -2.10. The summed E-state index contributed by atoms with van der Waals surface area (Å²) in [6, 6.07) is 0. The molecular formula is C7H12O3. The van der Waals surface area contributed by atoms with Gasteiger partial charge in [0.1, 0.15) is 13.2 Å². The number of aliphatic hydroxyl groups excluding tert-OH is 2. The van der Waals surface area contributed by atoms with Crippen molar-refractivity contribution >= 4 is 0 Å². The minimum atomic E-state index is -0.448. The van der Waals surface area contributed by atoms with Crippen LogP contribution >= 0.6 is 0 Å². The number of rotatable bonds is 3. The standard InChI is InChI=1S/C7H12O3/c1-7(9)6-10-5-3-2-4-8/h7-9H,4-6H2,1H3/t7-/m1/s1. The maximum Gasteiger partial charge on any atom is 0.107 e. The molecule has 0 aliphatic rings. The van der Waals surface area contributed by atoms with E-state index < -0.39 is 6.10 Å². The van der Waals surface area contributed by atoms with E-state index in [-0.39, 0.29) is 13.2 Å². The van der Waals surface area contributed by atoms with Crippen LogP contribution in [0.25, 0.3) is 0 Å². The Labute approximate surface area is 60.6 Å². The quantitative estimate of drug-likeness (QED) is 0.410. The fourth-order valence-electron chi connectivity index (χ4n) is 0.387. The van der Waals surface area contributed by atoms with Gasteiger partial charge in [-0.3, -0.25) is 0 Å². The molecule has 0 aliphatic heterocycles. The van der Waals surface area contributed by atoms with Crippen LogP contribution in [-0.2, 0) is 4.74 Å². The Bertz CT molecular complexity index is 121. The lowest BCUT2D eigenvalue weighted by atomic mass is 10.4. The second-order valence-electron chi connectivity index (χ2n) is 1.88. The summed E-state index contributed by atoms with van der Waals surface area (Å²) in [5.74, 6) is 4.98. The summed E-state index contributed by atoms with van der Waals surface area (Å²) in [5, 5.41) is 16.9. The third-order valence-corrected chi connectivity index (χ3v) is 0.737. The largest absolute Gasteiger partial charge is 0.391 e. The van der Waals surface area contributed by atoms with Crippen LogP contribution in [0.2, 0.25) is 0 Å². The first-order chi connectivity index (χ1) is 4.77. The van der Waals surface area contributed by atoms with Crippen molar-refractivity contribution < 1.29 is 14.9 Å². The van der Waals surface area contributed by atoms with Gasteiger partial charge in [-0.1, -0.05) is 11.8 Å². The summed E-state index contributed by atoms with van der Waals surface area (Å²) < 4.78 is 4.86. The van der Waals surface area contributed by atoms with E-state index in [1.54, 1.807) is 6.92 Å². The van der Waals surface area contributed by atoms with E-state index in [1.807, 2.05) is 0 Å². The van der Waals surface area contributed by atoms with Crippen LogP contribution < -0.4 is 0 Å². The van der Waals surface area contributed by atoms with Gasteiger partial charge in [0.15, 0.2) is 0 Å². The average molecular weight is 144 g/mol. The molecule has 0 fully saturated rings. The predicted octanol–water partition coefficient (Wildman–Crippen LogP) is -0.620. The molecule has 2 N–H and O–H groups in total. The molecule has 0 rings (SSSR count). The molecule has 58 valence electrons. The van der Waals surface area contributed by atoms with Gasteiger partial charge in [0, 0.05) is 0 Å². The van der Waals surface area contributed by atoms with Crippen molar-refractivity contribution in [3.8, 4) is 11.8 Å². The maximum atomic E-state index is 8.69. The van der Waals surface area contributed by atoms with Gasteiger partial charge in [-0.15, -0.1) is 0 Å². The second-order valence-corrected chi connectivity index (χ2v) is 1.88. The molecule has 0 aromatic rings. The van der Waals surface area contributed by atoms with E-state index in [0.29, 0.717) is 6.61 Å². The van der Waals surface area contributed by atoms with E-state index in [2.05, 4.69) is 11.8 Å². The minimum absolute atomic E-state index is 0.141. The number of hydrogen-bond acceptors (Lipinski definition) is 3. The molecule has 0 aromatic heterocycles. The Hall–Kier alpha value is -0.560. The van der Waals surface area contributed by atoms with Gasteiger partial charge in [0.05, 0.1) is 12.7 Å².